The molecular weight excluding hydrogens is 290 g/mol. The van der Waals surface area contributed by atoms with Crippen LogP contribution in [0.15, 0.2) is 24.3 Å². The SMILES string of the molecule is CCc1ccc(-n2nc(C(=O)N(C)CCO)c3c2CCC3)cc1. The maximum absolute atomic E-state index is 12.6. The zero-order valence-corrected chi connectivity index (χ0v) is 13.7. The molecule has 0 aliphatic heterocycles. The first kappa shape index (κ1) is 15.7. The van der Waals surface area contributed by atoms with Crippen molar-refractivity contribution in [2.75, 3.05) is 20.2 Å². The van der Waals surface area contributed by atoms with E-state index in [4.69, 9.17) is 5.11 Å². The number of fused-ring (bicyclic) bond motifs is 1. The van der Waals surface area contributed by atoms with Crippen LogP contribution in [-0.4, -0.2) is 45.9 Å². The zero-order chi connectivity index (χ0) is 16.4. The summed E-state index contributed by atoms with van der Waals surface area (Å²) < 4.78 is 1.92. The van der Waals surface area contributed by atoms with Gasteiger partial charge in [-0.05, 0) is 43.4 Å². The third-order valence-corrected chi connectivity index (χ3v) is 4.50. The summed E-state index contributed by atoms with van der Waals surface area (Å²) in [4.78, 5) is 14.1. The molecule has 0 fully saturated rings. The Balaban J connectivity index is 1.99. The van der Waals surface area contributed by atoms with Crippen LogP contribution in [0.25, 0.3) is 5.69 Å². The number of benzene rings is 1. The van der Waals surface area contributed by atoms with Crippen LogP contribution >= 0.6 is 0 Å². The van der Waals surface area contributed by atoms with Crippen LogP contribution in [0.4, 0.5) is 0 Å². The first-order chi connectivity index (χ1) is 11.2. The third kappa shape index (κ3) is 2.88. The molecule has 0 bridgehead atoms. The van der Waals surface area contributed by atoms with Gasteiger partial charge in [-0.2, -0.15) is 5.10 Å². The number of amides is 1. The molecule has 0 saturated heterocycles. The van der Waals surface area contributed by atoms with Gasteiger partial charge in [-0.3, -0.25) is 4.79 Å². The van der Waals surface area contributed by atoms with Crippen LogP contribution in [-0.2, 0) is 19.3 Å². The first-order valence-corrected chi connectivity index (χ1v) is 8.22. The van der Waals surface area contributed by atoms with Gasteiger partial charge in [-0.1, -0.05) is 19.1 Å². The lowest BCUT2D eigenvalue weighted by molar-refractivity contribution is 0.0759. The molecule has 0 atom stereocenters. The minimum Gasteiger partial charge on any atom is -0.395 e. The Morgan fingerprint density at radius 1 is 1.30 bits per heavy atom. The highest BCUT2D eigenvalue weighted by Gasteiger charge is 2.28. The van der Waals surface area contributed by atoms with E-state index in [1.807, 2.05) is 4.68 Å². The summed E-state index contributed by atoms with van der Waals surface area (Å²) in [5.74, 6) is -0.110. The quantitative estimate of drug-likeness (QED) is 0.918. The molecule has 0 unspecified atom stereocenters. The van der Waals surface area contributed by atoms with Crippen molar-refractivity contribution >= 4 is 5.91 Å². The fourth-order valence-electron chi connectivity index (χ4n) is 3.13. The van der Waals surface area contributed by atoms with Crippen LogP contribution < -0.4 is 0 Å². The topological polar surface area (TPSA) is 58.4 Å². The van der Waals surface area contributed by atoms with Crippen molar-refractivity contribution in [1.29, 1.82) is 0 Å². The van der Waals surface area contributed by atoms with Gasteiger partial charge >= 0.3 is 0 Å². The van der Waals surface area contributed by atoms with Crippen molar-refractivity contribution in [3.63, 3.8) is 0 Å². The smallest absolute Gasteiger partial charge is 0.274 e. The van der Waals surface area contributed by atoms with E-state index in [1.54, 1.807) is 7.05 Å². The van der Waals surface area contributed by atoms with Crippen LogP contribution in [0.5, 0.6) is 0 Å². The van der Waals surface area contributed by atoms with Gasteiger partial charge in [0.25, 0.3) is 5.91 Å². The Kier molecular flexibility index (Phi) is 4.48. The third-order valence-electron chi connectivity index (χ3n) is 4.50. The lowest BCUT2D eigenvalue weighted by atomic mass is 10.1. The standard InChI is InChI=1S/C18H23N3O2/c1-3-13-7-9-14(10-8-13)21-16-6-4-5-15(16)17(19-21)18(23)20(2)11-12-22/h7-10,22H,3-6,11-12H2,1-2H3. The normalized spacial score (nSPS) is 13.2. The number of likely N-dealkylation sites (N-methyl/N-ethyl adjacent to an activating group) is 1. The monoisotopic (exact) mass is 313 g/mol. The molecule has 1 aromatic heterocycles. The van der Waals surface area contributed by atoms with E-state index >= 15 is 0 Å². The molecule has 5 nitrogen and oxygen atoms in total. The highest BCUT2D eigenvalue weighted by atomic mass is 16.3. The molecule has 0 radical (unpaired) electrons. The number of aliphatic hydroxyl groups excluding tert-OH is 1. The minimum absolute atomic E-state index is 0.0381. The van der Waals surface area contributed by atoms with Gasteiger partial charge in [-0.25, -0.2) is 4.68 Å². The van der Waals surface area contributed by atoms with E-state index in [2.05, 4.69) is 36.3 Å². The molecule has 1 aliphatic carbocycles. The second-order valence-electron chi connectivity index (χ2n) is 6.01. The highest BCUT2D eigenvalue weighted by molar-refractivity contribution is 5.94. The molecule has 5 heteroatoms. The molecular formula is C18H23N3O2. The first-order valence-electron chi connectivity index (χ1n) is 8.22. The minimum atomic E-state index is -0.110. The molecule has 1 aliphatic rings. The van der Waals surface area contributed by atoms with E-state index in [1.165, 1.54) is 10.5 Å². The molecule has 0 saturated carbocycles. The Morgan fingerprint density at radius 3 is 2.70 bits per heavy atom. The number of aliphatic hydroxyl groups is 1. The van der Waals surface area contributed by atoms with Crippen molar-refractivity contribution in [2.24, 2.45) is 0 Å². The van der Waals surface area contributed by atoms with Gasteiger partial charge in [-0.15, -0.1) is 0 Å². The second kappa shape index (κ2) is 6.54. The van der Waals surface area contributed by atoms with E-state index in [0.29, 0.717) is 12.2 Å². The second-order valence-corrected chi connectivity index (χ2v) is 6.01. The predicted octanol–water partition coefficient (Wildman–Crippen LogP) is 1.99. The lowest BCUT2D eigenvalue weighted by Gasteiger charge is -2.14. The number of carbonyl (C=O) groups is 1. The molecule has 1 aromatic carbocycles. The van der Waals surface area contributed by atoms with Gasteiger partial charge < -0.3 is 10.0 Å². The number of carbonyl (C=O) groups excluding carboxylic acids is 1. The van der Waals surface area contributed by atoms with E-state index in [-0.39, 0.29) is 12.5 Å². The lowest BCUT2D eigenvalue weighted by Crippen LogP contribution is -2.30. The van der Waals surface area contributed by atoms with Gasteiger partial charge in [0.1, 0.15) is 0 Å². The van der Waals surface area contributed by atoms with Crippen molar-refractivity contribution < 1.29 is 9.90 Å². The molecule has 23 heavy (non-hydrogen) atoms. The van der Waals surface area contributed by atoms with E-state index in [0.717, 1.165) is 42.6 Å². The Morgan fingerprint density at radius 2 is 2.04 bits per heavy atom. The van der Waals surface area contributed by atoms with E-state index < -0.39 is 0 Å². The van der Waals surface area contributed by atoms with Crippen molar-refractivity contribution in [3.8, 4) is 5.69 Å². The number of rotatable bonds is 5. The maximum Gasteiger partial charge on any atom is 0.274 e. The summed E-state index contributed by atoms with van der Waals surface area (Å²) >= 11 is 0. The number of hydrogen-bond donors (Lipinski definition) is 1. The van der Waals surface area contributed by atoms with Gasteiger partial charge in [0.2, 0.25) is 0 Å². The fourth-order valence-corrected chi connectivity index (χ4v) is 3.13. The zero-order valence-electron chi connectivity index (χ0n) is 13.7. The van der Waals surface area contributed by atoms with Crippen molar-refractivity contribution in [3.05, 3.63) is 46.8 Å². The van der Waals surface area contributed by atoms with Crippen molar-refractivity contribution in [1.82, 2.24) is 14.7 Å². The number of aromatic nitrogens is 2. The largest absolute Gasteiger partial charge is 0.395 e. The number of nitrogens with zero attached hydrogens (tertiary/aromatic N) is 3. The summed E-state index contributed by atoms with van der Waals surface area (Å²) in [6, 6.07) is 8.35. The summed E-state index contributed by atoms with van der Waals surface area (Å²) in [5.41, 5.74) is 5.04. The Bertz CT molecular complexity index is 704. The van der Waals surface area contributed by atoms with Gasteiger partial charge in [0.05, 0.1) is 12.3 Å². The summed E-state index contributed by atoms with van der Waals surface area (Å²) in [7, 11) is 1.70. The fraction of sp³-hybridized carbons (Fsp3) is 0.444. The highest BCUT2D eigenvalue weighted by Crippen LogP contribution is 2.28. The molecule has 2 aromatic rings. The molecule has 0 spiro atoms. The van der Waals surface area contributed by atoms with Gasteiger partial charge in [0.15, 0.2) is 5.69 Å². The molecule has 1 heterocycles. The molecule has 122 valence electrons. The molecule has 3 rings (SSSR count). The summed E-state index contributed by atoms with van der Waals surface area (Å²) in [6.07, 6.45) is 3.92. The Labute approximate surface area is 136 Å². The van der Waals surface area contributed by atoms with Crippen LogP contribution in [0.2, 0.25) is 0 Å². The summed E-state index contributed by atoms with van der Waals surface area (Å²) in [6.45, 7) is 2.42. The van der Waals surface area contributed by atoms with Crippen molar-refractivity contribution in [2.45, 2.75) is 32.6 Å². The Hall–Kier alpha value is -2.14. The number of aryl methyl sites for hydroxylation is 1. The van der Waals surface area contributed by atoms with Crippen LogP contribution in [0.3, 0.4) is 0 Å². The number of hydrogen-bond acceptors (Lipinski definition) is 3. The summed E-state index contributed by atoms with van der Waals surface area (Å²) in [5, 5.41) is 13.6. The van der Waals surface area contributed by atoms with Crippen LogP contribution in [0, 0.1) is 0 Å². The van der Waals surface area contributed by atoms with Gasteiger partial charge in [0, 0.05) is 24.8 Å². The average Bonchev–Trinajstić information content (AvgIpc) is 3.17. The molecule has 1 N–H and O–H groups in total. The predicted molar refractivity (Wildman–Crippen MR) is 89.0 cm³/mol. The average molecular weight is 313 g/mol. The molecule has 1 amide bonds. The van der Waals surface area contributed by atoms with E-state index in [9.17, 15) is 4.79 Å². The maximum atomic E-state index is 12.6. The van der Waals surface area contributed by atoms with Crippen LogP contribution in [0.1, 0.15) is 40.7 Å².